The second-order valence-electron chi connectivity index (χ2n) is 8.18. The first-order chi connectivity index (χ1) is 13.1. The minimum atomic E-state index is -0.392. The molecule has 0 fully saturated rings. The maximum atomic E-state index is 9.41. The fourth-order valence-electron chi connectivity index (χ4n) is 3.90. The van der Waals surface area contributed by atoms with Crippen LogP contribution in [-0.2, 0) is 0 Å². The second kappa shape index (κ2) is 7.08. The first kappa shape index (κ1) is 17.6. The van der Waals surface area contributed by atoms with Gasteiger partial charge in [-0.25, -0.2) is 4.98 Å². The van der Waals surface area contributed by atoms with Crippen LogP contribution in [0.3, 0.4) is 0 Å². The number of aromatic amines is 1. The molecule has 0 unspecified atom stereocenters. The lowest BCUT2D eigenvalue weighted by atomic mass is 9.94. The van der Waals surface area contributed by atoms with Crippen molar-refractivity contribution in [2.75, 3.05) is 13.1 Å². The Hall–Kier alpha value is -2.80. The van der Waals surface area contributed by atoms with Crippen LogP contribution >= 0.6 is 0 Å². The van der Waals surface area contributed by atoms with E-state index in [2.05, 4.69) is 57.4 Å². The normalized spacial score (nSPS) is 17.6. The van der Waals surface area contributed by atoms with Gasteiger partial charge < -0.3 is 9.88 Å². The van der Waals surface area contributed by atoms with E-state index in [1.165, 1.54) is 30.5 Å². The topological polar surface area (TPSA) is 55.7 Å². The zero-order valence-electron chi connectivity index (χ0n) is 16.1. The lowest BCUT2D eigenvalue weighted by Gasteiger charge is -2.32. The smallest absolute Gasteiger partial charge is 0.137 e. The van der Waals surface area contributed by atoms with Gasteiger partial charge in [-0.05, 0) is 63.3 Å². The molecule has 1 N–H and O–H groups in total. The summed E-state index contributed by atoms with van der Waals surface area (Å²) >= 11 is 0. The van der Waals surface area contributed by atoms with Gasteiger partial charge in [0.15, 0.2) is 0 Å². The molecule has 0 saturated carbocycles. The lowest BCUT2D eigenvalue weighted by molar-refractivity contribution is 0.317. The van der Waals surface area contributed by atoms with E-state index in [0.717, 1.165) is 35.3 Å². The molecule has 4 heteroatoms. The number of fused-ring (bicyclic) bond motifs is 1. The molecule has 0 amide bonds. The number of H-pyrrole nitrogens is 1. The number of nitrogens with zero attached hydrogens (tertiary/aromatic N) is 3. The highest BCUT2D eigenvalue weighted by Gasteiger charge is 2.24. The van der Waals surface area contributed by atoms with Crippen molar-refractivity contribution in [1.29, 1.82) is 5.26 Å². The Kier molecular flexibility index (Phi) is 4.61. The highest BCUT2D eigenvalue weighted by atomic mass is 15.1. The summed E-state index contributed by atoms with van der Waals surface area (Å²) in [6.07, 6.45) is 15.5. The number of allylic oxidation sites excluding steroid dienone is 4. The van der Waals surface area contributed by atoms with Gasteiger partial charge in [0.1, 0.15) is 5.65 Å². The molecular formula is C23H26N4. The average molecular weight is 358 g/mol. The van der Waals surface area contributed by atoms with Crippen LogP contribution in [0.2, 0.25) is 0 Å². The van der Waals surface area contributed by atoms with Crippen molar-refractivity contribution in [3.63, 3.8) is 0 Å². The number of aromatic nitrogens is 2. The number of rotatable bonds is 4. The van der Waals surface area contributed by atoms with Gasteiger partial charge in [0, 0.05) is 41.6 Å². The molecule has 3 heterocycles. The Morgan fingerprint density at radius 1 is 1.30 bits per heavy atom. The van der Waals surface area contributed by atoms with E-state index in [9.17, 15) is 5.26 Å². The van der Waals surface area contributed by atoms with E-state index in [4.69, 9.17) is 0 Å². The zero-order chi connectivity index (χ0) is 18.9. The Morgan fingerprint density at radius 3 is 2.96 bits per heavy atom. The molecule has 0 saturated heterocycles. The molecule has 1 aliphatic heterocycles. The fourth-order valence-corrected chi connectivity index (χ4v) is 3.90. The molecule has 4 rings (SSSR count). The van der Waals surface area contributed by atoms with Crippen molar-refractivity contribution in [2.45, 2.75) is 39.5 Å². The van der Waals surface area contributed by atoms with Gasteiger partial charge in [0.05, 0.1) is 11.5 Å². The van der Waals surface area contributed by atoms with E-state index in [1.807, 2.05) is 20.0 Å². The van der Waals surface area contributed by atoms with Gasteiger partial charge >= 0.3 is 0 Å². The van der Waals surface area contributed by atoms with Crippen LogP contribution in [0, 0.1) is 16.7 Å². The largest absolute Gasteiger partial charge is 0.366 e. The van der Waals surface area contributed by atoms with Gasteiger partial charge in [-0.2, -0.15) is 5.26 Å². The van der Waals surface area contributed by atoms with Gasteiger partial charge in [-0.3, -0.25) is 0 Å². The molecule has 2 aliphatic rings. The van der Waals surface area contributed by atoms with Crippen molar-refractivity contribution in [1.82, 2.24) is 14.9 Å². The van der Waals surface area contributed by atoms with Crippen LogP contribution in [0.1, 0.15) is 50.8 Å². The van der Waals surface area contributed by atoms with Crippen molar-refractivity contribution in [3.8, 4) is 6.07 Å². The predicted molar refractivity (Wildman–Crippen MR) is 111 cm³/mol. The van der Waals surface area contributed by atoms with Gasteiger partial charge in [0.25, 0.3) is 0 Å². The SMILES string of the molecule is CC(C)(C#N)CN1CC=CC=C1c1cnc2[nH]c(C3=CCCCC3)cc2c1. The van der Waals surface area contributed by atoms with Gasteiger partial charge in [0.2, 0.25) is 0 Å². The van der Waals surface area contributed by atoms with E-state index >= 15 is 0 Å². The Labute approximate surface area is 160 Å². The summed E-state index contributed by atoms with van der Waals surface area (Å²) in [6, 6.07) is 6.85. The van der Waals surface area contributed by atoms with Crippen LogP contribution in [0.25, 0.3) is 22.3 Å². The summed E-state index contributed by atoms with van der Waals surface area (Å²) in [7, 11) is 0. The van der Waals surface area contributed by atoms with Crippen molar-refractivity contribution in [3.05, 3.63) is 53.9 Å². The number of hydrogen-bond donors (Lipinski definition) is 1. The standard InChI is InChI=1S/C23H26N4/c1-23(2,15-24)16-27-11-7-6-10-21(27)19-12-18-13-20(26-22(18)25-14-19)17-8-4-3-5-9-17/h6-8,10,12-14H,3-5,9,11,16H2,1-2H3,(H,25,26). The number of nitrogens with one attached hydrogen (secondary N) is 1. The number of nitriles is 1. The highest BCUT2D eigenvalue weighted by Crippen LogP contribution is 2.31. The molecule has 2 aromatic rings. The maximum Gasteiger partial charge on any atom is 0.137 e. The summed E-state index contributed by atoms with van der Waals surface area (Å²) < 4.78 is 0. The first-order valence-electron chi connectivity index (χ1n) is 9.77. The summed E-state index contributed by atoms with van der Waals surface area (Å²) in [6.45, 7) is 5.49. The van der Waals surface area contributed by atoms with Crippen LogP contribution in [0.15, 0.2) is 42.6 Å². The minimum Gasteiger partial charge on any atom is -0.366 e. The summed E-state index contributed by atoms with van der Waals surface area (Å²) in [5, 5.41) is 10.6. The molecule has 0 spiro atoms. The number of hydrogen-bond acceptors (Lipinski definition) is 3. The molecule has 0 bridgehead atoms. The van der Waals surface area contributed by atoms with E-state index in [-0.39, 0.29) is 0 Å². The Morgan fingerprint density at radius 2 is 2.19 bits per heavy atom. The Bertz CT molecular complexity index is 981. The quantitative estimate of drug-likeness (QED) is 0.808. The van der Waals surface area contributed by atoms with E-state index < -0.39 is 5.41 Å². The van der Waals surface area contributed by atoms with E-state index in [0.29, 0.717) is 6.54 Å². The van der Waals surface area contributed by atoms with Crippen molar-refractivity contribution >= 4 is 22.3 Å². The molecule has 138 valence electrons. The van der Waals surface area contributed by atoms with Crippen LogP contribution in [0.5, 0.6) is 0 Å². The van der Waals surface area contributed by atoms with Crippen molar-refractivity contribution in [2.24, 2.45) is 5.41 Å². The summed E-state index contributed by atoms with van der Waals surface area (Å²) in [4.78, 5) is 10.4. The van der Waals surface area contributed by atoms with E-state index in [1.54, 1.807) is 0 Å². The molecule has 27 heavy (non-hydrogen) atoms. The third kappa shape index (κ3) is 3.68. The molecule has 0 aromatic carbocycles. The molecule has 2 aromatic heterocycles. The molecule has 1 aliphatic carbocycles. The Balaban J connectivity index is 1.66. The first-order valence-corrected chi connectivity index (χ1v) is 9.77. The lowest BCUT2D eigenvalue weighted by Crippen LogP contribution is -2.33. The van der Waals surface area contributed by atoms with Crippen LogP contribution in [-0.4, -0.2) is 28.0 Å². The summed E-state index contributed by atoms with van der Waals surface area (Å²) in [5.41, 5.74) is 5.40. The molecule has 0 atom stereocenters. The molecular weight excluding hydrogens is 332 g/mol. The summed E-state index contributed by atoms with van der Waals surface area (Å²) in [5.74, 6) is 0. The average Bonchev–Trinajstić information content (AvgIpc) is 3.12. The molecule has 4 nitrogen and oxygen atoms in total. The molecule has 0 radical (unpaired) electrons. The van der Waals surface area contributed by atoms with Crippen LogP contribution in [0.4, 0.5) is 0 Å². The van der Waals surface area contributed by atoms with Crippen LogP contribution < -0.4 is 0 Å². The zero-order valence-corrected chi connectivity index (χ0v) is 16.1. The fraction of sp³-hybridized carbons (Fsp3) is 0.391. The predicted octanol–water partition coefficient (Wildman–Crippen LogP) is 5.28. The van der Waals surface area contributed by atoms with Gasteiger partial charge in [-0.15, -0.1) is 0 Å². The highest BCUT2D eigenvalue weighted by molar-refractivity contribution is 5.85. The number of pyridine rings is 1. The minimum absolute atomic E-state index is 0.392. The monoisotopic (exact) mass is 358 g/mol. The third-order valence-electron chi connectivity index (χ3n) is 5.35. The maximum absolute atomic E-state index is 9.41. The van der Waals surface area contributed by atoms with Crippen molar-refractivity contribution < 1.29 is 0 Å². The third-order valence-corrected chi connectivity index (χ3v) is 5.35. The van der Waals surface area contributed by atoms with Gasteiger partial charge in [-0.1, -0.05) is 18.2 Å². The second-order valence-corrected chi connectivity index (χ2v) is 8.18.